The van der Waals surface area contributed by atoms with Gasteiger partial charge in [0.15, 0.2) is 0 Å². The number of methoxy groups -OCH3 is 1. The van der Waals surface area contributed by atoms with Crippen molar-refractivity contribution in [2.75, 3.05) is 7.11 Å². The highest BCUT2D eigenvalue weighted by atomic mass is 35.5. The van der Waals surface area contributed by atoms with Crippen molar-refractivity contribution < 1.29 is 14.6 Å². The summed E-state index contributed by atoms with van der Waals surface area (Å²) in [4.78, 5) is 16.5. The van der Waals surface area contributed by atoms with Crippen molar-refractivity contribution in [3.63, 3.8) is 0 Å². The molecule has 2 aromatic carbocycles. The Labute approximate surface area is 160 Å². The predicted octanol–water partition coefficient (Wildman–Crippen LogP) is 5.27. The molecular weight excluding hydrogens is 370 g/mol. The van der Waals surface area contributed by atoms with Gasteiger partial charge in [0.25, 0.3) is 0 Å². The fourth-order valence-electron chi connectivity index (χ4n) is 2.41. The molecule has 0 bridgehead atoms. The summed E-state index contributed by atoms with van der Waals surface area (Å²) in [6.07, 6.45) is 3.76. The molecule has 0 saturated heterocycles. The van der Waals surface area contributed by atoms with E-state index in [-0.39, 0.29) is 6.42 Å². The number of ether oxygens (including phenoxy) is 1. The molecule has 0 unspecified atom stereocenters. The predicted molar refractivity (Wildman–Crippen MR) is 106 cm³/mol. The highest BCUT2D eigenvalue weighted by Gasteiger charge is 2.14. The molecule has 3 rings (SSSR count). The standard InChI is InChI=1S/C20H16ClNO3S/c1-25-16-9-2-13(3-10-16)4-11-18-22-20(17(26-18)12-19(23)24)14-5-7-15(21)8-6-14/h2-11H,12H2,1H3,(H,23,24)/b11-4+. The van der Waals surface area contributed by atoms with E-state index in [9.17, 15) is 9.90 Å². The Morgan fingerprint density at radius 2 is 1.85 bits per heavy atom. The average molecular weight is 386 g/mol. The van der Waals surface area contributed by atoms with E-state index in [0.717, 1.165) is 21.9 Å². The van der Waals surface area contributed by atoms with Gasteiger partial charge in [-0.25, -0.2) is 4.98 Å². The maximum Gasteiger partial charge on any atom is 0.308 e. The molecule has 0 spiro atoms. The second kappa shape index (κ2) is 8.17. The summed E-state index contributed by atoms with van der Waals surface area (Å²) in [6, 6.07) is 14.9. The fourth-order valence-corrected chi connectivity index (χ4v) is 3.52. The van der Waals surface area contributed by atoms with E-state index in [0.29, 0.717) is 15.6 Å². The topological polar surface area (TPSA) is 59.4 Å². The van der Waals surface area contributed by atoms with Crippen LogP contribution in [0, 0.1) is 0 Å². The molecule has 0 aliphatic heterocycles. The van der Waals surface area contributed by atoms with E-state index in [1.54, 1.807) is 19.2 Å². The molecule has 6 heteroatoms. The number of aliphatic carboxylic acids is 1. The van der Waals surface area contributed by atoms with Crippen molar-refractivity contribution in [3.8, 4) is 17.0 Å². The molecule has 0 radical (unpaired) electrons. The molecule has 0 aliphatic carbocycles. The number of hydrogen-bond acceptors (Lipinski definition) is 4. The van der Waals surface area contributed by atoms with E-state index >= 15 is 0 Å². The number of hydrogen-bond donors (Lipinski definition) is 1. The highest BCUT2D eigenvalue weighted by molar-refractivity contribution is 7.13. The Balaban J connectivity index is 1.90. The van der Waals surface area contributed by atoms with Crippen LogP contribution < -0.4 is 4.74 Å². The van der Waals surface area contributed by atoms with Crippen LogP contribution >= 0.6 is 22.9 Å². The fraction of sp³-hybridized carbons (Fsp3) is 0.100. The molecule has 1 aromatic heterocycles. The number of carboxylic acid groups (broad SMARTS) is 1. The van der Waals surface area contributed by atoms with Crippen LogP contribution in [0.2, 0.25) is 5.02 Å². The van der Waals surface area contributed by atoms with Crippen LogP contribution in [0.5, 0.6) is 5.75 Å². The number of halogens is 1. The number of thiazole rings is 1. The zero-order valence-electron chi connectivity index (χ0n) is 14.0. The molecule has 0 saturated carbocycles. The van der Waals surface area contributed by atoms with Crippen molar-refractivity contribution in [1.82, 2.24) is 4.98 Å². The summed E-state index contributed by atoms with van der Waals surface area (Å²) in [5.41, 5.74) is 2.54. The smallest absolute Gasteiger partial charge is 0.308 e. The third-order valence-corrected chi connectivity index (χ3v) is 4.95. The Bertz CT molecular complexity index is 931. The van der Waals surface area contributed by atoms with Gasteiger partial charge in [-0.1, -0.05) is 41.9 Å². The summed E-state index contributed by atoms with van der Waals surface area (Å²) < 4.78 is 5.15. The van der Waals surface area contributed by atoms with Gasteiger partial charge in [0.05, 0.1) is 19.2 Å². The molecule has 132 valence electrons. The van der Waals surface area contributed by atoms with Gasteiger partial charge in [0.1, 0.15) is 10.8 Å². The van der Waals surface area contributed by atoms with E-state index in [2.05, 4.69) is 4.98 Å². The second-order valence-corrected chi connectivity index (χ2v) is 7.06. The van der Waals surface area contributed by atoms with Crippen molar-refractivity contribution >= 4 is 41.1 Å². The zero-order valence-corrected chi connectivity index (χ0v) is 15.6. The molecule has 0 fully saturated rings. The number of aromatic nitrogens is 1. The number of carboxylic acids is 1. The number of nitrogens with zero attached hydrogens (tertiary/aromatic N) is 1. The van der Waals surface area contributed by atoms with Gasteiger partial charge in [-0.2, -0.15) is 0 Å². The van der Waals surface area contributed by atoms with Crippen LogP contribution in [-0.4, -0.2) is 23.2 Å². The van der Waals surface area contributed by atoms with Gasteiger partial charge in [0, 0.05) is 15.5 Å². The summed E-state index contributed by atoms with van der Waals surface area (Å²) in [5, 5.41) is 10.6. The van der Waals surface area contributed by atoms with Crippen LogP contribution in [0.3, 0.4) is 0 Å². The lowest BCUT2D eigenvalue weighted by Gasteiger charge is -2.00. The summed E-state index contributed by atoms with van der Waals surface area (Å²) in [6.45, 7) is 0. The maximum absolute atomic E-state index is 11.2. The zero-order chi connectivity index (χ0) is 18.5. The molecule has 0 atom stereocenters. The van der Waals surface area contributed by atoms with Crippen molar-refractivity contribution in [3.05, 3.63) is 69.0 Å². The van der Waals surface area contributed by atoms with Gasteiger partial charge in [0.2, 0.25) is 0 Å². The molecule has 0 aliphatic rings. The number of benzene rings is 2. The van der Waals surface area contributed by atoms with E-state index in [1.165, 1.54) is 11.3 Å². The molecule has 0 amide bonds. The Hall–Kier alpha value is -2.63. The lowest BCUT2D eigenvalue weighted by molar-refractivity contribution is -0.136. The lowest BCUT2D eigenvalue weighted by atomic mass is 10.1. The Morgan fingerprint density at radius 1 is 1.15 bits per heavy atom. The molecule has 3 aromatic rings. The van der Waals surface area contributed by atoms with Crippen LogP contribution in [0.25, 0.3) is 23.4 Å². The SMILES string of the molecule is COc1ccc(/C=C/c2nc(-c3ccc(Cl)cc3)c(CC(=O)O)s2)cc1. The van der Waals surface area contributed by atoms with Gasteiger partial charge >= 0.3 is 5.97 Å². The molecule has 26 heavy (non-hydrogen) atoms. The van der Waals surface area contributed by atoms with Gasteiger partial charge in [-0.05, 0) is 35.9 Å². The minimum absolute atomic E-state index is 0.0635. The third-order valence-electron chi connectivity index (χ3n) is 3.68. The third kappa shape index (κ3) is 4.50. The summed E-state index contributed by atoms with van der Waals surface area (Å²) in [7, 11) is 1.63. The first-order chi connectivity index (χ1) is 12.5. The molecule has 1 N–H and O–H groups in total. The van der Waals surface area contributed by atoms with Crippen molar-refractivity contribution in [2.45, 2.75) is 6.42 Å². The highest BCUT2D eigenvalue weighted by Crippen LogP contribution is 2.30. The Morgan fingerprint density at radius 3 is 2.46 bits per heavy atom. The van der Waals surface area contributed by atoms with Gasteiger partial charge in [-0.3, -0.25) is 4.79 Å². The van der Waals surface area contributed by atoms with Crippen LogP contribution in [0.15, 0.2) is 48.5 Å². The first-order valence-electron chi connectivity index (χ1n) is 7.85. The average Bonchev–Trinajstić information content (AvgIpc) is 3.03. The van der Waals surface area contributed by atoms with E-state index in [4.69, 9.17) is 16.3 Å². The van der Waals surface area contributed by atoms with E-state index in [1.807, 2.05) is 48.6 Å². The minimum Gasteiger partial charge on any atom is -0.497 e. The van der Waals surface area contributed by atoms with Crippen molar-refractivity contribution in [2.24, 2.45) is 0 Å². The van der Waals surface area contributed by atoms with Gasteiger partial charge in [-0.15, -0.1) is 11.3 Å². The number of rotatable bonds is 6. The first-order valence-corrected chi connectivity index (χ1v) is 9.04. The van der Waals surface area contributed by atoms with Crippen LogP contribution in [0.4, 0.5) is 0 Å². The van der Waals surface area contributed by atoms with Crippen LogP contribution in [-0.2, 0) is 11.2 Å². The first kappa shape index (κ1) is 18.2. The van der Waals surface area contributed by atoms with Crippen molar-refractivity contribution in [1.29, 1.82) is 0 Å². The van der Waals surface area contributed by atoms with Crippen LogP contribution in [0.1, 0.15) is 15.4 Å². The second-order valence-electron chi connectivity index (χ2n) is 5.51. The van der Waals surface area contributed by atoms with Gasteiger partial charge < -0.3 is 9.84 Å². The molecule has 4 nitrogen and oxygen atoms in total. The normalized spacial score (nSPS) is 11.0. The summed E-state index contributed by atoms with van der Waals surface area (Å²) in [5.74, 6) is -0.0836. The summed E-state index contributed by atoms with van der Waals surface area (Å²) >= 11 is 7.31. The molecule has 1 heterocycles. The van der Waals surface area contributed by atoms with E-state index < -0.39 is 5.97 Å². The lowest BCUT2D eigenvalue weighted by Crippen LogP contribution is -1.99. The monoisotopic (exact) mass is 385 g/mol. The quantitative estimate of drug-likeness (QED) is 0.628. The Kier molecular flexibility index (Phi) is 5.71. The molecular formula is C20H16ClNO3S. The largest absolute Gasteiger partial charge is 0.497 e. The minimum atomic E-state index is -0.880. The maximum atomic E-state index is 11.2. The number of carbonyl (C=O) groups is 1.